The third-order valence-electron chi connectivity index (χ3n) is 6.05. The second kappa shape index (κ2) is 10.5. The molecule has 2 aromatic carbocycles. The van der Waals surface area contributed by atoms with Crippen LogP contribution in [0.4, 0.5) is 4.39 Å². The van der Waals surface area contributed by atoms with E-state index in [1.807, 2.05) is 30.3 Å². The summed E-state index contributed by atoms with van der Waals surface area (Å²) in [6, 6.07) is 18.1. The zero-order chi connectivity index (χ0) is 25.8. The van der Waals surface area contributed by atoms with Gasteiger partial charge in [0.2, 0.25) is 0 Å². The summed E-state index contributed by atoms with van der Waals surface area (Å²) >= 11 is 0. The van der Waals surface area contributed by atoms with Gasteiger partial charge < -0.3 is 19.0 Å². The molecule has 0 atom stereocenters. The van der Waals surface area contributed by atoms with Crippen LogP contribution in [0.2, 0.25) is 0 Å². The molecule has 2 amide bonds. The van der Waals surface area contributed by atoms with Gasteiger partial charge in [0.25, 0.3) is 11.8 Å². The molecule has 0 unspecified atom stereocenters. The minimum absolute atomic E-state index is 0.150. The van der Waals surface area contributed by atoms with Gasteiger partial charge in [-0.05, 0) is 48.5 Å². The van der Waals surface area contributed by atoms with E-state index in [4.69, 9.17) is 9.15 Å². The van der Waals surface area contributed by atoms with Gasteiger partial charge >= 0.3 is 5.97 Å². The van der Waals surface area contributed by atoms with E-state index in [9.17, 15) is 18.8 Å². The standard InChI is InChI=1S/C27H23FN4O5/c28-20-10-8-19(9-11-20)25-22(17-32(29-25)21-5-2-1-3-6-21)27(35)37-18-24(33)30-12-14-31(15-13-30)26(34)23-7-4-16-36-23/h1-11,16-17H,12-15,18H2. The Morgan fingerprint density at radius 1 is 0.892 bits per heavy atom. The molecule has 37 heavy (non-hydrogen) atoms. The van der Waals surface area contributed by atoms with E-state index >= 15 is 0 Å². The first-order valence-corrected chi connectivity index (χ1v) is 11.7. The molecule has 0 aliphatic carbocycles. The molecule has 0 saturated carbocycles. The summed E-state index contributed by atoms with van der Waals surface area (Å²) in [6.07, 6.45) is 2.96. The number of hydrogen-bond acceptors (Lipinski definition) is 6. The summed E-state index contributed by atoms with van der Waals surface area (Å²) in [5.41, 5.74) is 1.72. The number of furan rings is 1. The van der Waals surface area contributed by atoms with Gasteiger partial charge in [0.15, 0.2) is 12.4 Å². The van der Waals surface area contributed by atoms with Crippen LogP contribution in [0.25, 0.3) is 16.9 Å². The lowest BCUT2D eigenvalue weighted by molar-refractivity contribution is -0.136. The van der Waals surface area contributed by atoms with Crippen molar-refractivity contribution in [3.05, 3.63) is 96.3 Å². The number of piperazine rings is 1. The van der Waals surface area contributed by atoms with E-state index in [0.717, 1.165) is 5.69 Å². The van der Waals surface area contributed by atoms with E-state index in [1.54, 1.807) is 21.9 Å². The monoisotopic (exact) mass is 502 g/mol. The Bertz CT molecular complexity index is 1390. The molecule has 10 heteroatoms. The molecule has 4 aromatic rings. The van der Waals surface area contributed by atoms with Crippen LogP contribution in [-0.4, -0.2) is 70.1 Å². The average molecular weight is 503 g/mol. The van der Waals surface area contributed by atoms with Crippen LogP contribution < -0.4 is 0 Å². The predicted molar refractivity (Wildman–Crippen MR) is 130 cm³/mol. The number of hydrogen-bond donors (Lipinski definition) is 0. The van der Waals surface area contributed by atoms with Crippen molar-refractivity contribution in [2.45, 2.75) is 0 Å². The molecule has 9 nitrogen and oxygen atoms in total. The number of aromatic nitrogens is 2. The summed E-state index contributed by atoms with van der Waals surface area (Å²) in [6.45, 7) is 0.866. The average Bonchev–Trinajstić information content (AvgIpc) is 3.63. The molecule has 1 saturated heterocycles. The molecule has 188 valence electrons. The molecular weight excluding hydrogens is 479 g/mol. The lowest BCUT2D eigenvalue weighted by Gasteiger charge is -2.34. The highest BCUT2D eigenvalue weighted by Gasteiger charge is 2.27. The van der Waals surface area contributed by atoms with Gasteiger partial charge in [0, 0.05) is 37.9 Å². The van der Waals surface area contributed by atoms with Gasteiger partial charge in [0.1, 0.15) is 17.1 Å². The van der Waals surface area contributed by atoms with E-state index in [0.29, 0.717) is 37.4 Å². The third kappa shape index (κ3) is 5.27. The summed E-state index contributed by atoms with van der Waals surface area (Å²) in [4.78, 5) is 41.3. The van der Waals surface area contributed by atoms with Gasteiger partial charge in [-0.1, -0.05) is 18.2 Å². The maximum absolute atomic E-state index is 13.5. The largest absolute Gasteiger partial charge is 0.459 e. The number of rotatable bonds is 6. The normalized spacial score (nSPS) is 13.4. The van der Waals surface area contributed by atoms with Crippen LogP contribution in [-0.2, 0) is 9.53 Å². The number of para-hydroxylation sites is 1. The molecule has 1 aliphatic heterocycles. The number of benzene rings is 2. The van der Waals surface area contributed by atoms with Crippen molar-refractivity contribution in [1.29, 1.82) is 0 Å². The first-order valence-electron chi connectivity index (χ1n) is 11.7. The Morgan fingerprint density at radius 3 is 2.27 bits per heavy atom. The maximum atomic E-state index is 13.5. The number of amides is 2. The van der Waals surface area contributed by atoms with Crippen LogP contribution in [0.15, 0.2) is 83.6 Å². The number of ether oxygens (including phenoxy) is 1. The van der Waals surface area contributed by atoms with Crippen LogP contribution in [0.3, 0.4) is 0 Å². The van der Waals surface area contributed by atoms with Gasteiger partial charge in [0.05, 0.1) is 12.0 Å². The Hall–Kier alpha value is -4.73. The fraction of sp³-hybridized carbons (Fsp3) is 0.185. The van der Waals surface area contributed by atoms with Crippen LogP contribution in [0.1, 0.15) is 20.9 Å². The van der Waals surface area contributed by atoms with E-state index < -0.39 is 18.4 Å². The SMILES string of the molecule is O=C(OCC(=O)N1CCN(C(=O)c2ccco2)CC1)c1cn(-c2ccccc2)nc1-c1ccc(F)cc1. The highest BCUT2D eigenvalue weighted by molar-refractivity contribution is 5.97. The van der Waals surface area contributed by atoms with E-state index in [-0.39, 0.29) is 23.1 Å². The second-order valence-corrected chi connectivity index (χ2v) is 8.40. The lowest BCUT2D eigenvalue weighted by atomic mass is 10.1. The van der Waals surface area contributed by atoms with Crippen molar-refractivity contribution in [1.82, 2.24) is 19.6 Å². The molecule has 0 bridgehead atoms. The number of nitrogens with zero attached hydrogens (tertiary/aromatic N) is 4. The van der Waals surface area contributed by atoms with Crippen LogP contribution >= 0.6 is 0 Å². The Morgan fingerprint density at radius 2 is 1.59 bits per heavy atom. The van der Waals surface area contributed by atoms with Crippen molar-refractivity contribution < 1.29 is 27.9 Å². The first kappa shape index (κ1) is 24.0. The summed E-state index contributed by atoms with van der Waals surface area (Å²) in [5, 5.41) is 4.52. The fourth-order valence-electron chi connectivity index (χ4n) is 4.07. The van der Waals surface area contributed by atoms with Crippen molar-refractivity contribution in [2.75, 3.05) is 32.8 Å². The van der Waals surface area contributed by atoms with Crippen molar-refractivity contribution in [3.8, 4) is 16.9 Å². The van der Waals surface area contributed by atoms with Crippen LogP contribution in [0.5, 0.6) is 0 Å². The minimum atomic E-state index is -0.721. The quantitative estimate of drug-likeness (QED) is 0.375. The zero-order valence-corrected chi connectivity index (χ0v) is 19.7. The fourth-order valence-corrected chi connectivity index (χ4v) is 4.07. The smallest absolute Gasteiger partial charge is 0.342 e. The van der Waals surface area contributed by atoms with E-state index in [2.05, 4.69) is 5.10 Å². The minimum Gasteiger partial charge on any atom is -0.459 e. The second-order valence-electron chi connectivity index (χ2n) is 8.40. The van der Waals surface area contributed by atoms with Gasteiger partial charge in [-0.2, -0.15) is 5.10 Å². The number of carbonyl (C=O) groups is 3. The summed E-state index contributed by atoms with van der Waals surface area (Å²) in [5.74, 6) is -1.47. The van der Waals surface area contributed by atoms with Gasteiger partial charge in [-0.3, -0.25) is 9.59 Å². The predicted octanol–water partition coefficient (Wildman–Crippen LogP) is 3.41. The molecule has 2 aromatic heterocycles. The molecule has 1 aliphatic rings. The summed E-state index contributed by atoms with van der Waals surface area (Å²) < 4.78 is 25.5. The first-order chi connectivity index (χ1) is 18.0. The number of carbonyl (C=O) groups excluding carboxylic acids is 3. The highest BCUT2D eigenvalue weighted by Crippen LogP contribution is 2.25. The van der Waals surface area contributed by atoms with E-state index in [1.165, 1.54) is 41.4 Å². The third-order valence-corrected chi connectivity index (χ3v) is 6.05. The zero-order valence-electron chi connectivity index (χ0n) is 19.7. The Kier molecular flexibility index (Phi) is 6.80. The lowest BCUT2D eigenvalue weighted by Crippen LogP contribution is -2.51. The Balaban J connectivity index is 1.25. The van der Waals surface area contributed by atoms with Crippen molar-refractivity contribution >= 4 is 17.8 Å². The summed E-state index contributed by atoms with van der Waals surface area (Å²) in [7, 11) is 0. The highest BCUT2D eigenvalue weighted by atomic mass is 19.1. The molecule has 0 radical (unpaired) electrons. The van der Waals surface area contributed by atoms with Crippen molar-refractivity contribution in [3.63, 3.8) is 0 Å². The van der Waals surface area contributed by atoms with Gasteiger partial charge in [-0.25, -0.2) is 13.9 Å². The molecule has 0 N–H and O–H groups in total. The molecule has 0 spiro atoms. The molecule has 5 rings (SSSR count). The number of esters is 1. The van der Waals surface area contributed by atoms with Crippen molar-refractivity contribution in [2.24, 2.45) is 0 Å². The topological polar surface area (TPSA) is 97.9 Å². The maximum Gasteiger partial charge on any atom is 0.342 e. The van der Waals surface area contributed by atoms with Gasteiger partial charge in [-0.15, -0.1) is 0 Å². The number of halogens is 1. The molecule has 1 fully saturated rings. The Labute approximate surface area is 211 Å². The van der Waals surface area contributed by atoms with Crippen LogP contribution in [0, 0.1) is 5.82 Å². The molecular formula is C27H23FN4O5. The molecule has 3 heterocycles.